The Morgan fingerprint density at radius 1 is 1.02 bits per heavy atom. The molecule has 3 atom stereocenters. The highest BCUT2D eigenvalue weighted by atomic mass is 16.2. The molecular weight excluding hydrogens is 522 g/mol. The number of ketones is 1. The molecule has 1 aliphatic rings. The smallest absolute Gasteiger partial charge is 0.252 e. The Kier molecular flexibility index (Phi) is 11.0. The molecule has 0 spiro atoms. The van der Waals surface area contributed by atoms with Gasteiger partial charge in [-0.1, -0.05) is 38.8 Å². The highest BCUT2D eigenvalue weighted by Crippen LogP contribution is 2.27. The number of primary amides is 1. The van der Waals surface area contributed by atoms with Crippen molar-refractivity contribution in [1.82, 2.24) is 5.32 Å². The van der Waals surface area contributed by atoms with Crippen molar-refractivity contribution >= 4 is 40.8 Å². The number of rotatable bonds is 8. The summed E-state index contributed by atoms with van der Waals surface area (Å²) >= 11 is 0. The molecule has 10 N–H and O–H groups in total. The summed E-state index contributed by atoms with van der Waals surface area (Å²) in [5, 5.41) is 5.91. The molecule has 0 aromatic heterocycles. The van der Waals surface area contributed by atoms with Gasteiger partial charge in [-0.25, -0.2) is 4.99 Å². The van der Waals surface area contributed by atoms with E-state index in [1.54, 1.807) is 36.4 Å². The standard InChI is InChI=1S/C30H41N7O4/c1-3-17(2)26-25(38)15-21(6-4-5-13-31)28(40)36-24-14-20(27(32)39)10-9-19(24)8-7-18-11-12-22(35-30(33)34)16-23(18)29(41)37-26/h9-12,14,16-17,21,26H,3-8,13,15,31H2,1-2H3,(H2,32,39)(H,36,40)(H,37,41)(H4,33,34,35)/t17-,21+,26-/m0/s1. The van der Waals surface area contributed by atoms with Gasteiger partial charge in [0, 0.05) is 29.2 Å². The van der Waals surface area contributed by atoms with Crippen molar-refractivity contribution < 1.29 is 19.2 Å². The first-order valence-corrected chi connectivity index (χ1v) is 14.0. The van der Waals surface area contributed by atoms with Crippen LogP contribution in [-0.2, 0) is 22.4 Å². The van der Waals surface area contributed by atoms with Crippen molar-refractivity contribution in [2.75, 3.05) is 11.9 Å². The summed E-state index contributed by atoms with van der Waals surface area (Å²) in [4.78, 5) is 57.0. The number of guanidine groups is 1. The summed E-state index contributed by atoms with van der Waals surface area (Å²) in [6.07, 6.45) is 3.28. The van der Waals surface area contributed by atoms with E-state index in [2.05, 4.69) is 15.6 Å². The second-order valence-electron chi connectivity index (χ2n) is 10.6. The van der Waals surface area contributed by atoms with E-state index in [1.165, 1.54) is 0 Å². The molecular formula is C30H41N7O4. The van der Waals surface area contributed by atoms with Gasteiger partial charge in [0.15, 0.2) is 11.7 Å². The van der Waals surface area contributed by atoms with Gasteiger partial charge in [0.1, 0.15) is 0 Å². The summed E-state index contributed by atoms with van der Waals surface area (Å²) in [7, 11) is 0. The minimum Gasteiger partial charge on any atom is -0.370 e. The number of nitrogens with one attached hydrogen (secondary N) is 2. The van der Waals surface area contributed by atoms with Gasteiger partial charge in [0.25, 0.3) is 5.91 Å². The van der Waals surface area contributed by atoms with Crippen molar-refractivity contribution in [2.24, 2.45) is 39.8 Å². The maximum atomic E-state index is 13.7. The molecule has 2 aromatic rings. The highest BCUT2D eigenvalue weighted by molar-refractivity contribution is 6.02. The predicted molar refractivity (Wildman–Crippen MR) is 160 cm³/mol. The minimum absolute atomic E-state index is 0.0581. The molecule has 0 bridgehead atoms. The summed E-state index contributed by atoms with van der Waals surface area (Å²) in [5.41, 5.74) is 25.2. The number of aryl methyl sites for hydroxylation is 2. The first kappa shape index (κ1) is 31.3. The van der Waals surface area contributed by atoms with Crippen molar-refractivity contribution in [1.29, 1.82) is 0 Å². The second kappa shape index (κ2) is 14.4. The van der Waals surface area contributed by atoms with Crippen molar-refractivity contribution in [2.45, 2.75) is 64.8 Å². The van der Waals surface area contributed by atoms with Crippen LogP contribution in [0.1, 0.15) is 77.8 Å². The number of hydrogen-bond acceptors (Lipinski definition) is 6. The van der Waals surface area contributed by atoms with Gasteiger partial charge in [-0.2, -0.15) is 0 Å². The predicted octanol–water partition coefficient (Wildman–Crippen LogP) is 2.28. The van der Waals surface area contributed by atoms with Crippen LogP contribution in [0.25, 0.3) is 0 Å². The molecule has 3 rings (SSSR count). The van der Waals surface area contributed by atoms with E-state index in [0.717, 1.165) is 5.56 Å². The maximum absolute atomic E-state index is 13.7. The highest BCUT2D eigenvalue weighted by Gasteiger charge is 2.31. The fourth-order valence-corrected chi connectivity index (χ4v) is 5.01. The third-order valence-corrected chi connectivity index (χ3v) is 7.58. The number of carbonyl (C=O) groups is 4. The number of carbonyl (C=O) groups excluding carboxylic acids is 4. The Bertz CT molecular complexity index is 1320. The van der Waals surface area contributed by atoms with Crippen LogP contribution in [0.5, 0.6) is 0 Å². The quantitative estimate of drug-likeness (QED) is 0.160. The van der Waals surface area contributed by atoms with E-state index in [-0.39, 0.29) is 35.6 Å². The molecule has 1 heterocycles. The lowest BCUT2D eigenvalue weighted by molar-refractivity contribution is -0.128. The molecule has 0 unspecified atom stereocenters. The van der Waals surface area contributed by atoms with E-state index in [9.17, 15) is 19.2 Å². The number of unbranched alkanes of at least 4 members (excludes halogenated alkanes) is 1. The van der Waals surface area contributed by atoms with Crippen LogP contribution < -0.4 is 33.6 Å². The Balaban J connectivity index is 2.13. The van der Waals surface area contributed by atoms with E-state index in [4.69, 9.17) is 22.9 Å². The number of hydrogen-bond donors (Lipinski definition) is 6. The lowest BCUT2D eigenvalue weighted by atomic mass is 9.87. The number of amides is 3. The average molecular weight is 564 g/mol. The SMILES string of the molecule is CC[C@H](C)[C@@H]1NC(=O)c2cc(N=C(N)N)ccc2CCc2ccc(C(N)=O)cc2NC(=O)[C@H](CCCCN)CC1=O. The monoisotopic (exact) mass is 563 g/mol. The largest absolute Gasteiger partial charge is 0.370 e. The summed E-state index contributed by atoms with van der Waals surface area (Å²) in [6.45, 7) is 4.31. The molecule has 0 fully saturated rings. The van der Waals surface area contributed by atoms with Crippen LogP contribution in [0.2, 0.25) is 0 Å². The van der Waals surface area contributed by atoms with Crippen LogP contribution in [-0.4, -0.2) is 42.1 Å². The average Bonchev–Trinajstić information content (AvgIpc) is 2.93. The first-order chi connectivity index (χ1) is 19.5. The molecule has 3 amide bonds. The lowest BCUT2D eigenvalue weighted by Gasteiger charge is -2.26. The minimum atomic E-state index is -0.798. The molecule has 0 radical (unpaired) electrons. The molecule has 0 saturated carbocycles. The fourth-order valence-electron chi connectivity index (χ4n) is 5.01. The Labute approximate surface area is 240 Å². The zero-order valence-electron chi connectivity index (χ0n) is 23.7. The molecule has 11 heteroatoms. The van der Waals surface area contributed by atoms with Gasteiger partial charge < -0.3 is 33.6 Å². The third kappa shape index (κ3) is 8.37. The number of fused-ring (bicyclic) bond motifs is 2. The van der Waals surface area contributed by atoms with Crippen molar-refractivity contribution in [3.63, 3.8) is 0 Å². The van der Waals surface area contributed by atoms with Crippen LogP contribution >= 0.6 is 0 Å². The van der Waals surface area contributed by atoms with E-state index in [1.807, 2.05) is 13.8 Å². The zero-order valence-corrected chi connectivity index (χ0v) is 23.7. The van der Waals surface area contributed by atoms with Crippen LogP contribution in [0.15, 0.2) is 41.4 Å². The van der Waals surface area contributed by atoms with E-state index >= 15 is 0 Å². The summed E-state index contributed by atoms with van der Waals surface area (Å²) < 4.78 is 0. The molecule has 2 aromatic carbocycles. The van der Waals surface area contributed by atoms with Crippen LogP contribution in [0.4, 0.5) is 11.4 Å². The van der Waals surface area contributed by atoms with Gasteiger partial charge in [-0.3, -0.25) is 19.2 Å². The zero-order chi connectivity index (χ0) is 30.1. The van der Waals surface area contributed by atoms with Gasteiger partial charge >= 0.3 is 0 Å². The Morgan fingerprint density at radius 3 is 2.39 bits per heavy atom. The fraction of sp³-hybridized carbons (Fsp3) is 0.433. The normalized spacial score (nSPS) is 18.7. The molecule has 0 saturated heterocycles. The first-order valence-electron chi connectivity index (χ1n) is 14.0. The summed E-state index contributed by atoms with van der Waals surface area (Å²) in [6, 6.07) is 9.17. The molecule has 0 aliphatic carbocycles. The Morgan fingerprint density at radius 2 is 1.73 bits per heavy atom. The molecule has 1 aliphatic heterocycles. The van der Waals surface area contributed by atoms with Crippen LogP contribution in [0.3, 0.4) is 0 Å². The van der Waals surface area contributed by atoms with Gasteiger partial charge in [0.05, 0.1) is 11.7 Å². The van der Waals surface area contributed by atoms with Gasteiger partial charge in [0.2, 0.25) is 11.8 Å². The maximum Gasteiger partial charge on any atom is 0.252 e. The van der Waals surface area contributed by atoms with Crippen LogP contribution in [0, 0.1) is 11.8 Å². The van der Waals surface area contributed by atoms with E-state index < -0.39 is 23.8 Å². The number of anilines is 1. The topological polar surface area (TPSA) is 209 Å². The number of aliphatic imine (C=N–C) groups is 1. The van der Waals surface area contributed by atoms with Gasteiger partial charge in [-0.15, -0.1) is 0 Å². The third-order valence-electron chi connectivity index (χ3n) is 7.58. The van der Waals surface area contributed by atoms with Gasteiger partial charge in [-0.05, 0) is 73.5 Å². The van der Waals surface area contributed by atoms with E-state index in [0.29, 0.717) is 67.6 Å². The van der Waals surface area contributed by atoms with Crippen molar-refractivity contribution in [3.8, 4) is 0 Å². The molecule has 11 nitrogen and oxygen atoms in total. The summed E-state index contributed by atoms with van der Waals surface area (Å²) in [5.74, 6) is -2.56. The Hall–Kier alpha value is -4.25. The second-order valence-corrected chi connectivity index (χ2v) is 10.6. The van der Waals surface area contributed by atoms with Crippen molar-refractivity contribution in [3.05, 3.63) is 58.7 Å². The lowest BCUT2D eigenvalue weighted by Crippen LogP contribution is -2.46. The molecule has 220 valence electrons. The number of benzene rings is 2. The number of Topliss-reactive ketones (excluding diaryl/α,β-unsaturated/α-hetero) is 1. The molecule has 41 heavy (non-hydrogen) atoms. The number of nitrogens with two attached hydrogens (primary N) is 4. The number of nitrogens with zero attached hydrogens (tertiary/aromatic N) is 1.